The smallest absolute Gasteiger partial charge is 0.414 e. The van der Waals surface area contributed by atoms with Gasteiger partial charge in [-0.05, 0) is 56.2 Å². The van der Waals surface area contributed by atoms with E-state index in [0.29, 0.717) is 25.3 Å². The van der Waals surface area contributed by atoms with Gasteiger partial charge in [-0.15, -0.1) is 0 Å². The number of carbonyl (C=O) groups is 2. The van der Waals surface area contributed by atoms with Gasteiger partial charge in [0.05, 0.1) is 6.04 Å². The zero-order valence-electron chi connectivity index (χ0n) is 17.1. The third kappa shape index (κ3) is 3.77. The molecular weight excluding hydrogens is 368 g/mol. The molecular formula is C22H26N4O3. The van der Waals surface area contributed by atoms with Crippen LogP contribution in [0.5, 0.6) is 0 Å². The molecule has 0 unspecified atom stereocenters. The highest BCUT2D eigenvalue weighted by molar-refractivity contribution is 5.96. The van der Waals surface area contributed by atoms with E-state index in [1.807, 2.05) is 37.1 Å². The number of benzene rings is 1. The lowest BCUT2D eigenvalue weighted by Crippen LogP contribution is -2.49. The van der Waals surface area contributed by atoms with E-state index in [1.165, 1.54) is 0 Å². The maximum absolute atomic E-state index is 12.9. The fourth-order valence-electron chi connectivity index (χ4n) is 3.98. The largest absolute Gasteiger partial charge is 0.447 e. The van der Waals surface area contributed by atoms with Gasteiger partial charge in [0.25, 0.3) is 5.91 Å². The molecule has 7 heteroatoms. The Hall–Kier alpha value is -3.09. The van der Waals surface area contributed by atoms with Crippen molar-refractivity contribution in [3.05, 3.63) is 53.2 Å². The van der Waals surface area contributed by atoms with Crippen molar-refractivity contribution in [2.24, 2.45) is 0 Å². The quantitative estimate of drug-likeness (QED) is 0.801. The van der Waals surface area contributed by atoms with Crippen LogP contribution < -0.4 is 9.80 Å². The van der Waals surface area contributed by atoms with E-state index in [9.17, 15) is 9.59 Å². The van der Waals surface area contributed by atoms with E-state index in [4.69, 9.17) is 4.74 Å². The summed E-state index contributed by atoms with van der Waals surface area (Å²) < 4.78 is 5.07. The summed E-state index contributed by atoms with van der Waals surface area (Å²) in [4.78, 5) is 35.1. The molecule has 3 heterocycles. The number of hydrogen-bond acceptors (Lipinski definition) is 5. The van der Waals surface area contributed by atoms with Crippen LogP contribution in [-0.4, -0.2) is 60.7 Å². The molecule has 2 aliphatic heterocycles. The van der Waals surface area contributed by atoms with Crippen molar-refractivity contribution in [1.29, 1.82) is 0 Å². The van der Waals surface area contributed by atoms with E-state index in [-0.39, 0.29) is 18.0 Å². The number of nitrogens with zero attached hydrogens (tertiary/aromatic N) is 4. The van der Waals surface area contributed by atoms with Crippen molar-refractivity contribution in [2.45, 2.75) is 26.8 Å². The molecule has 0 saturated carbocycles. The van der Waals surface area contributed by atoms with Gasteiger partial charge in [0, 0.05) is 43.6 Å². The standard InChI is InChI=1S/C22H26N4O3/c1-15-12-16(2)20(23-13-15)24-8-10-25(11-9-24)21(27)18-4-6-19(7-5-18)26-17(3)14-29-22(26)28/h4-7,12-13,17H,8-11,14H2,1-3H3/t17-/m1/s1. The fourth-order valence-corrected chi connectivity index (χ4v) is 3.98. The van der Waals surface area contributed by atoms with Crippen LogP contribution in [0.15, 0.2) is 36.5 Å². The van der Waals surface area contributed by atoms with Gasteiger partial charge in [-0.25, -0.2) is 9.78 Å². The van der Waals surface area contributed by atoms with E-state index >= 15 is 0 Å². The number of rotatable bonds is 3. The molecule has 2 aliphatic rings. The van der Waals surface area contributed by atoms with Crippen molar-refractivity contribution in [3.8, 4) is 0 Å². The second-order valence-corrected chi connectivity index (χ2v) is 7.78. The predicted molar refractivity (Wildman–Crippen MR) is 112 cm³/mol. The van der Waals surface area contributed by atoms with Crippen LogP contribution in [0.25, 0.3) is 0 Å². The molecule has 0 bridgehead atoms. The zero-order valence-corrected chi connectivity index (χ0v) is 17.1. The minimum Gasteiger partial charge on any atom is -0.447 e. The third-order valence-electron chi connectivity index (χ3n) is 5.53. The van der Waals surface area contributed by atoms with Gasteiger partial charge in [-0.1, -0.05) is 6.07 Å². The summed E-state index contributed by atoms with van der Waals surface area (Å²) in [6, 6.07) is 9.33. The van der Waals surface area contributed by atoms with Crippen LogP contribution in [-0.2, 0) is 4.74 Å². The van der Waals surface area contributed by atoms with Gasteiger partial charge in [0.2, 0.25) is 0 Å². The van der Waals surface area contributed by atoms with Crippen LogP contribution in [0.3, 0.4) is 0 Å². The second-order valence-electron chi connectivity index (χ2n) is 7.78. The number of carbonyl (C=O) groups excluding carboxylic acids is 2. The number of hydrogen-bond donors (Lipinski definition) is 0. The highest BCUT2D eigenvalue weighted by Crippen LogP contribution is 2.24. The van der Waals surface area contributed by atoms with Crippen LogP contribution in [0, 0.1) is 13.8 Å². The van der Waals surface area contributed by atoms with Gasteiger partial charge >= 0.3 is 6.09 Å². The molecule has 1 aromatic heterocycles. The van der Waals surface area contributed by atoms with Gasteiger partial charge in [-0.3, -0.25) is 9.69 Å². The molecule has 4 rings (SSSR count). The first-order valence-electron chi connectivity index (χ1n) is 9.97. The maximum atomic E-state index is 12.9. The maximum Gasteiger partial charge on any atom is 0.414 e. The fraction of sp³-hybridized carbons (Fsp3) is 0.409. The van der Waals surface area contributed by atoms with Crippen molar-refractivity contribution in [2.75, 3.05) is 42.6 Å². The molecule has 0 spiro atoms. The SMILES string of the molecule is Cc1cnc(N2CCN(C(=O)c3ccc(N4C(=O)OC[C@H]4C)cc3)CC2)c(C)c1. The number of piperazine rings is 1. The Morgan fingerprint density at radius 1 is 1.10 bits per heavy atom. The summed E-state index contributed by atoms with van der Waals surface area (Å²) in [5.41, 5.74) is 3.70. The summed E-state index contributed by atoms with van der Waals surface area (Å²) in [7, 11) is 0. The van der Waals surface area contributed by atoms with Gasteiger partial charge in [0.1, 0.15) is 12.4 Å². The minimum atomic E-state index is -0.340. The number of cyclic esters (lactones) is 1. The van der Waals surface area contributed by atoms with Crippen LogP contribution in [0.4, 0.5) is 16.3 Å². The zero-order chi connectivity index (χ0) is 20.5. The number of aryl methyl sites for hydroxylation is 2. The number of amides is 2. The van der Waals surface area contributed by atoms with Crippen molar-refractivity contribution < 1.29 is 14.3 Å². The lowest BCUT2D eigenvalue weighted by Gasteiger charge is -2.36. The molecule has 2 amide bonds. The molecule has 0 radical (unpaired) electrons. The van der Waals surface area contributed by atoms with Gasteiger partial charge in [-0.2, -0.15) is 0 Å². The highest BCUT2D eigenvalue weighted by Gasteiger charge is 2.31. The van der Waals surface area contributed by atoms with Gasteiger partial charge < -0.3 is 14.5 Å². The number of ether oxygens (including phenoxy) is 1. The van der Waals surface area contributed by atoms with Gasteiger partial charge in [0.15, 0.2) is 0 Å². The first kappa shape index (κ1) is 19.2. The van der Waals surface area contributed by atoms with Crippen LogP contribution in [0.1, 0.15) is 28.4 Å². The molecule has 2 saturated heterocycles. The first-order chi connectivity index (χ1) is 13.9. The van der Waals surface area contributed by atoms with E-state index < -0.39 is 0 Å². The van der Waals surface area contributed by atoms with E-state index in [2.05, 4.69) is 22.9 Å². The summed E-state index contributed by atoms with van der Waals surface area (Å²) in [6.45, 7) is 9.28. The normalized spacial score (nSPS) is 19.5. The summed E-state index contributed by atoms with van der Waals surface area (Å²) in [5, 5.41) is 0. The van der Waals surface area contributed by atoms with Crippen molar-refractivity contribution >= 4 is 23.5 Å². The molecule has 0 N–H and O–H groups in total. The lowest BCUT2D eigenvalue weighted by atomic mass is 10.1. The molecule has 7 nitrogen and oxygen atoms in total. The molecule has 1 atom stereocenters. The molecule has 152 valence electrons. The Labute approximate surface area is 170 Å². The Balaban J connectivity index is 1.40. The van der Waals surface area contributed by atoms with Crippen LogP contribution in [0.2, 0.25) is 0 Å². The summed E-state index contributed by atoms with van der Waals surface area (Å²) in [5.74, 6) is 1.01. The predicted octanol–water partition coefficient (Wildman–Crippen LogP) is 3.01. The first-order valence-corrected chi connectivity index (χ1v) is 9.97. The minimum absolute atomic E-state index is 0.00373. The van der Waals surface area contributed by atoms with E-state index in [1.54, 1.807) is 17.0 Å². The average Bonchev–Trinajstić information content (AvgIpc) is 3.06. The number of anilines is 2. The Morgan fingerprint density at radius 2 is 1.79 bits per heavy atom. The Bertz CT molecular complexity index is 920. The summed E-state index contributed by atoms with van der Waals surface area (Å²) >= 11 is 0. The summed E-state index contributed by atoms with van der Waals surface area (Å²) in [6.07, 6.45) is 1.55. The average molecular weight is 394 g/mol. The number of aromatic nitrogens is 1. The Kier molecular flexibility index (Phi) is 5.13. The molecule has 1 aromatic carbocycles. The Morgan fingerprint density at radius 3 is 2.38 bits per heavy atom. The second kappa shape index (κ2) is 7.73. The lowest BCUT2D eigenvalue weighted by molar-refractivity contribution is 0.0746. The molecule has 0 aliphatic carbocycles. The molecule has 2 fully saturated rings. The highest BCUT2D eigenvalue weighted by atomic mass is 16.6. The molecule has 29 heavy (non-hydrogen) atoms. The third-order valence-corrected chi connectivity index (χ3v) is 5.53. The topological polar surface area (TPSA) is 66.0 Å². The number of pyridine rings is 1. The van der Waals surface area contributed by atoms with Crippen molar-refractivity contribution in [3.63, 3.8) is 0 Å². The van der Waals surface area contributed by atoms with E-state index in [0.717, 1.165) is 35.7 Å². The molecule has 2 aromatic rings. The monoisotopic (exact) mass is 394 g/mol. The van der Waals surface area contributed by atoms with Crippen LogP contribution >= 0.6 is 0 Å². The van der Waals surface area contributed by atoms with Crippen molar-refractivity contribution in [1.82, 2.24) is 9.88 Å².